The van der Waals surface area contributed by atoms with E-state index in [9.17, 15) is 88.2 Å². The number of hydrogen-bond donors (Lipinski definition) is 7. The highest BCUT2D eigenvalue weighted by molar-refractivity contribution is 7.99. The minimum atomic E-state index is -5.33. The van der Waals surface area contributed by atoms with Crippen molar-refractivity contribution in [2.24, 2.45) is 30.7 Å². The number of fused-ring (bicyclic) bond motifs is 6. The van der Waals surface area contributed by atoms with Gasteiger partial charge in [-0.1, -0.05) is 17.4 Å². The number of aryl methyl sites for hydroxylation is 2. The van der Waals surface area contributed by atoms with Gasteiger partial charge in [-0.15, -0.1) is 37.3 Å². The number of nitriles is 1. The van der Waals surface area contributed by atoms with Gasteiger partial charge in [-0.05, 0) is 86.9 Å². The molecule has 0 radical (unpaired) electrons. The third kappa shape index (κ3) is 13.6. The fourth-order valence-electron chi connectivity index (χ4n) is 8.23. The highest BCUT2D eigenvalue weighted by Crippen LogP contribution is 2.46. The molecule has 8 rings (SSSR count). The molecular weight excluding hydrogens is 1270 g/mol. The molecule has 444 valence electrons. The molecule has 0 saturated carbocycles. The molecule has 0 spiro atoms. The lowest BCUT2D eigenvalue weighted by Crippen LogP contribution is -2.08. The summed E-state index contributed by atoms with van der Waals surface area (Å²) in [5.74, 6) is -2.17. The molecule has 3 aromatic heterocycles. The molecule has 0 fully saturated rings. The van der Waals surface area contributed by atoms with E-state index in [1.165, 1.54) is 57.4 Å². The van der Waals surface area contributed by atoms with E-state index in [1.807, 2.05) is 6.07 Å². The summed E-state index contributed by atoms with van der Waals surface area (Å²) in [7, 11) is -28.2. The molecule has 0 aliphatic heterocycles. The van der Waals surface area contributed by atoms with Crippen molar-refractivity contribution in [2.45, 2.75) is 58.1 Å². The van der Waals surface area contributed by atoms with E-state index in [2.05, 4.69) is 40.7 Å². The molecule has 31 nitrogen and oxygen atoms in total. The quantitative estimate of drug-likeness (QED) is 0.0153. The van der Waals surface area contributed by atoms with Crippen LogP contribution in [0.25, 0.3) is 37.7 Å². The van der Waals surface area contributed by atoms with Crippen LogP contribution in [0.4, 0.5) is 33.6 Å². The first-order valence-electron chi connectivity index (χ1n) is 23.2. The van der Waals surface area contributed by atoms with E-state index in [4.69, 9.17) is 9.47 Å². The molecular formula is C45H40N10O21S8. The number of aromatic nitrogens is 3. The Morgan fingerprint density at radius 3 is 1.88 bits per heavy atom. The summed E-state index contributed by atoms with van der Waals surface area (Å²) in [6.07, 6.45) is -0.332. The molecule has 0 aliphatic rings. The first kappa shape index (κ1) is 62.7. The van der Waals surface area contributed by atoms with Gasteiger partial charge in [-0.2, -0.15) is 60.9 Å². The molecule has 0 saturated heterocycles. The highest BCUT2D eigenvalue weighted by atomic mass is 32.2. The Morgan fingerprint density at radius 2 is 1.26 bits per heavy atom. The number of ether oxygens (including phenoxy) is 2. The van der Waals surface area contributed by atoms with E-state index < -0.39 is 114 Å². The van der Waals surface area contributed by atoms with Crippen LogP contribution < -0.4 is 9.47 Å². The van der Waals surface area contributed by atoms with Gasteiger partial charge >= 0.3 is 0 Å². The summed E-state index contributed by atoms with van der Waals surface area (Å²) in [5.41, 5.74) is -1.04. The summed E-state index contributed by atoms with van der Waals surface area (Å²) in [5, 5.41) is 46.1. The van der Waals surface area contributed by atoms with Crippen molar-refractivity contribution >= 4 is 155 Å². The first-order chi connectivity index (χ1) is 39.0. The molecule has 0 aliphatic carbocycles. The van der Waals surface area contributed by atoms with Gasteiger partial charge in [0.2, 0.25) is 11.0 Å². The maximum Gasteiger partial charge on any atom is 0.297 e. The third-order valence-electron chi connectivity index (χ3n) is 12.0. The van der Waals surface area contributed by atoms with E-state index in [-0.39, 0.29) is 113 Å². The summed E-state index contributed by atoms with van der Waals surface area (Å²) >= 11 is 1.50. The van der Waals surface area contributed by atoms with Crippen molar-refractivity contribution in [2.75, 3.05) is 31.0 Å². The highest BCUT2D eigenvalue weighted by Gasteiger charge is 2.29. The molecule has 0 unspecified atom stereocenters. The largest absolute Gasteiger partial charge is 0.494 e. The average molecular weight is 1310 g/mol. The standard InChI is InChI=1S/C45H40N10O21S8/c1-21-7-8-32-39(42(21)84(72,73)74)47-43-27(20-46)23(3)38(44(56)55(32)43)53-50-29-13-22(2)28(17-34(29)76-9-5-11-79(57,58)59)49-52-31-18-33(75-4)30(19-35(31)77-10-6-12-80(60,61)62)51-54-45-48-40-37(83(69,70)71)16-25-26(41(40)78-45)14-24(81(63,64)65)15-36(25)82(66,67)68/h7-8,13-19,56H,5-6,9-12H2,1-4H3,(H,57,58,59)(H,60,61,62)(H,63,64,65)(H,66,67,68)(H,69,70,71)(H,72,73,74). The van der Waals surface area contributed by atoms with Crippen LogP contribution in [0.1, 0.15) is 35.1 Å². The fraction of sp³-hybridized carbons (Fsp3) is 0.222. The first-order valence-corrected chi connectivity index (χ1v) is 33.9. The van der Waals surface area contributed by atoms with Gasteiger partial charge in [-0.3, -0.25) is 31.7 Å². The van der Waals surface area contributed by atoms with Gasteiger partial charge < -0.3 is 14.6 Å². The van der Waals surface area contributed by atoms with Crippen LogP contribution in [0.3, 0.4) is 0 Å². The van der Waals surface area contributed by atoms with Gasteiger partial charge in [0.05, 0.1) is 46.0 Å². The van der Waals surface area contributed by atoms with Crippen molar-refractivity contribution in [1.82, 2.24) is 14.4 Å². The topological polar surface area (TPSA) is 493 Å². The Bertz CT molecular complexity index is 4970. The third-order valence-corrected chi connectivity index (χ3v) is 19.3. The number of rotatable bonds is 21. The number of pyridine rings is 1. The predicted octanol–water partition coefficient (Wildman–Crippen LogP) is 9.02. The lowest BCUT2D eigenvalue weighted by Gasteiger charge is -2.12. The number of benzene rings is 5. The number of azo groups is 3. The van der Waals surface area contributed by atoms with Crippen LogP contribution in [-0.2, 0) is 60.7 Å². The summed E-state index contributed by atoms with van der Waals surface area (Å²) in [4.78, 5) is 4.90. The van der Waals surface area contributed by atoms with Crippen molar-refractivity contribution < 1.29 is 92.4 Å². The molecule has 84 heavy (non-hydrogen) atoms. The molecule has 7 N–H and O–H groups in total. The average Bonchev–Trinajstić information content (AvgIpc) is 1.61. The predicted molar refractivity (Wildman–Crippen MR) is 300 cm³/mol. The number of imidazole rings is 1. The van der Waals surface area contributed by atoms with E-state index >= 15 is 0 Å². The normalized spacial score (nSPS) is 13.2. The molecule has 3 heterocycles. The number of methoxy groups -OCH3 is 1. The van der Waals surface area contributed by atoms with Gasteiger partial charge in [0.15, 0.2) is 11.3 Å². The van der Waals surface area contributed by atoms with E-state index in [1.54, 1.807) is 6.92 Å². The molecule has 0 amide bonds. The Morgan fingerprint density at radius 1 is 0.643 bits per heavy atom. The number of thiazole rings is 1. The second-order valence-electron chi connectivity index (χ2n) is 17.8. The molecule has 5 aromatic carbocycles. The Labute approximate surface area is 484 Å². The van der Waals surface area contributed by atoms with Crippen LogP contribution in [0.15, 0.2) is 110 Å². The number of aromatic hydroxyl groups is 1. The van der Waals surface area contributed by atoms with Crippen LogP contribution in [0.2, 0.25) is 0 Å². The zero-order valence-corrected chi connectivity index (χ0v) is 49.6. The maximum absolute atomic E-state index is 12.6. The Hall–Kier alpha value is -7.30. The summed E-state index contributed by atoms with van der Waals surface area (Å²) in [6, 6.07) is 11.9. The van der Waals surface area contributed by atoms with Gasteiger partial charge in [-0.25, -0.2) is 9.97 Å². The van der Waals surface area contributed by atoms with Crippen molar-refractivity contribution in [3.05, 3.63) is 76.9 Å². The fourth-order valence-corrected chi connectivity index (χ4v) is 14.2. The molecule has 0 atom stereocenters. The van der Waals surface area contributed by atoms with Crippen molar-refractivity contribution in [3.63, 3.8) is 0 Å². The van der Waals surface area contributed by atoms with E-state index in [0.29, 0.717) is 29.0 Å². The number of nitrogens with zero attached hydrogens (tertiary/aromatic N) is 10. The maximum atomic E-state index is 12.6. The summed E-state index contributed by atoms with van der Waals surface area (Å²) in [6.45, 7) is 4.03. The van der Waals surface area contributed by atoms with Gasteiger partial charge in [0.25, 0.3) is 60.7 Å². The molecule has 0 bridgehead atoms. The van der Waals surface area contributed by atoms with Crippen molar-refractivity contribution in [1.29, 1.82) is 5.26 Å². The lowest BCUT2D eigenvalue weighted by atomic mass is 10.1. The van der Waals surface area contributed by atoms with Crippen molar-refractivity contribution in [3.8, 4) is 23.4 Å². The number of hydrogen-bond acceptors (Lipinski definition) is 26. The van der Waals surface area contributed by atoms with E-state index in [0.717, 1.165) is 22.2 Å². The smallest absolute Gasteiger partial charge is 0.297 e. The zero-order chi connectivity index (χ0) is 61.8. The van der Waals surface area contributed by atoms with Crippen LogP contribution in [0, 0.1) is 32.1 Å². The van der Waals surface area contributed by atoms with Crippen LogP contribution in [0.5, 0.6) is 17.4 Å². The zero-order valence-electron chi connectivity index (χ0n) is 43.0. The van der Waals surface area contributed by atoms with Crippen LogP contribution >= 0.6 is 23.1 Å². The SMILES string of the molecule is COc1cc(N=Nc2cc(OCCCS(=O)(=O)O)c(N=Nc3c(C)c(C#N)c4nc5c(S(=O)(=O)O)c(C)ccc5n4c3O)cc2C)c(SCCCS(=O)(=O)O)cc1N=Nc1nc2c(S(=O)(=O)O)cc3c(S(=O)(=O)O)cc(S(=O)(=O)O)cc3c2s1. The number of thioether (sulfide) groups is 1. The van der Waals surface area contributed by atoms with Gasteiger partial charge in [0.1, 0.15) is 65.9 Å². The monoisotopic (exact) mass is 1310 g/mol. The minimum absolute atomic E-state index is 0.0200. The minimum Gasteiger partial charge on any atom is -0.494 e. The second kappa shape index (κ2) is 23.3. The Kier molecular flexibility index (Phi) is 17.4. The van der Waals surface area contributed by atoms with Gasteiger partial charge in [0, 0.05) is 33.4 Å². The second-order valence-corrected chi connectivity index (χ2v) is 28.6. The molecule has 8 aromatic rings. The van der Waals surface area contributed by atoms with Crippen LogP contribution in [-0.4, -0.2) is 128 Å². The summed E-state index contributed by atoms with van der Waals surface area (Å²) < 4.78 is 217. The Balaban J connectivity index is 1.22. The molecule has 39 heteroatoms. The lowest BCUT2D eigenvalue weighted by molar-refractivity contribution is 0.317.